The lowest BCUT2D eigenvalue weighted by Crippen LogP contribution is -2.39. The topological polar surface area (TPSA) is 29.5 Å². The normalized spacial score (nSPS) is 23.0. The number of hydrogen-bond acceptors (Lipinski definition) is 3. The monoisotopic (exact) mass is 319 g/mol. The standard InChI is InChI=1S/C18H25NO2S/c1-21-16-9-7-14(8-10-16)11-12-19-17(20)13-22-18(19)15-5-3-2-4-6-15/h7-10,15,18H,2-6,11-13H2,1H3. The van der Waals surface area contributed by atoms with Crippen LogP contribution in [0.2, 0.25) is 0 Å². The van der Waals surface area contributed by atoms with Crippen LogP contribution in [0.3, 0.4) is 0 Å². The van der Waals surface area contributed by atoms with Crippen molar-refractivity contribution in [3.63, 3.8) is 0 Å². The molecule has 1 aromatic rings. The minimum absolute atomic E-state index is 0.328. The largest absolute Gasteiger partial charge is 0.497 e. The highest BCUT2D eigenvalue weighted by molar-refractivity contribution is 8.01. The Balaban J connectivity index is 1.59. The first kappa shape index (κ1) is 15.7. The highest BCUT2D eigenvalue weighted by Crippen LogP contribution is 2.38. The van der Waals surface area contributed by atoms with Gasteiger partial charge in [0.15, 0.2) is 0 Å². The zero-order chi connectivity index (χ0) is 15.4. The lowest BCUT2D eigenvalue weighted by molar-refractivity contribution is -0.128. The van der Waals surface area contributed by atoms with E-state index in [1.165, 1.54) is 37.7 Å². The molecule has 0 N–H and O–H groups in total. The molecule has 1 saturated heterocycles. The second kappa shape index (κ2) is 7.40. The molecule has 1 atom stereocenters. The van der Waals surface area contributed by atoms with Gasteiger partial charge in [-0.25, -0.2) is 0 Å². The molecule has 2 aliphatic rings. The highest BCUT2D eigenvalue weighted by Gasteiger charge is 2.37. The third-order valence-electron chi connectivity index (χ3n) is 4.86. The van der Waals surface area contributed by atoms with E-state index < -0.39 is 0 Å². The molecule has 3 rings (SSSR count). The van der Waals surface area contributed by atoms with Crippen molar-refractivity contribution >= 4 is 17.7 Å². The van der Waals surface area contributed by atoms with Crippen LogP contribution in [0.5, 0.6) is 5.75 Å². The van der Waals surface area contributed by atoms with E-state index in [2.05, 4.69) is 17.0 Å². The number of rotatable bonds is 5. The summed E-state index contributed by atoms with van der Waals surface area (Å²) in [5.74, 6) is 2.59. The van der Waals surface area contributed by atoms with Gasteiger partial charge in [0.1, 0.15) is 5.75 Å². The molecule has 0 bridgehead atoms. The van der Waals surface area contributed by atoms with Crippen molar-refractivity contribution in [2.45, 2.75) is 43.9 Å². The first-order chi connectivity index (χ1) is 10.8. The van der Waals surface area contributed by atoms with Crippen LogP contribution in [0.15, 0.2) is 24.3 Å². The molecule has 1 amide bonds. The molecule has 1 heterocycles. The summed E-state index contributed by atoms with van der Waals surface area (Å²) in [5.41, 5.74) is 1.27. The molecule has 1 unspecified atom stereocenters. The van der Waals surface area contributed by atoms with Crippen molar-refractivity contribution < 1.29 is 9.53 Å². The maximum Gasteiger partial charge on any atom is 0.233 e. The van der Waals surface area contributed by atoms with Gasteiger partial charge < -0.3 is 9.64 Å². The van der Waals surface area contributed by atoms with E-state index in [0.717, 1.165) is 18.7 Å². The van der Waals surface area contributed by atoms with E-state index in [0.29, 0.717) is 23.0 Å². The van der Waals surface area contributed by atoms with Crippen molar-refractivity contribution in [1.29, 1.82) is 0 Å². The van der Waals surface area contributed by atoms with Crippen LogP contribution in [-0.4, -0.2) is 35.6 Å². The summed E-state index contributed by atoms with van der Waals surface area (Å²) in [6, 6.07) is 8.19. The Kier molecular flexibility index (Phi) is 5.29. The molecule has 0 aromatic heterocycles. The van der Waals surface area contributed by atoms with E-state index in [9.17, 15) is 4.79 Å². The van der Waals surface area contributed by atoms with Gasteiger partial charge in [0.05, 0.1) is 18.2 Å². The molecule has 1 aliphatic heterocycles. The zero-order valence-corrected chi connectivity index (χ0v) is 14.1. The van der Waals surface area contributed by atoms with Crippen molar-refractivity contribution in [3.05, 3.63) is 29.8 Å². The molecule has 1 saturated carbocycles. The number of nitrogens with zero attached hydrogens (tertiary/aromatic N) is 1. The molecule has 0 radical (unpaired) electrons. The molecule has 120 valence electrons. The van der Waals surface area contributed by atoms with Gasteiger partial charge in [-0.2, -0.15) is 0 Å². The Hall–Kier alpha value is -1.16. The number of hydrogen-bond donors (Lipinski definition) is 0. The first-order valence-electron chi connectivity index (χ1n) is 8.32. The lowest BCUT2D eigenvalue weighted by Gasteiger charge is -2.33. The molecular formula is C18H25NO2S. The average Bonchev–Trinajstić information content (AvgIpc) is 2.95. The van der Waals surface area contributed by atoms with Gasteiger partial charge in [-0.05, 0) is 42.9 Å². The molecule has 4 heteroatoms. The third-order valence-corrected chi connectivity index (χ3v) is 6.25. The summed E-state index contributed by atoms with van der Waals surface area (Å²) in [7, 11) is 1.68. The minimum Gasteiger partial charge on any atom is -0.497 e. The first-order valence-corrected chi connectivity index (χ1v) is 9.37. The van der Waals surface area contributed by atoms with E-state index >= 15 is 0 Å². The summed E-state index contributed by atoms with van der Waals surface area (Å²) in [4.78, 5) is 14.4. The fraction of sp³-hybridized carbons (Fsp3) is 0.611. The smallest absolute Gasteiger partial charge is 0.233 e. The number of benzene rings is 1. The fourth-order valence-corrected chi connectivity index (χ4v) is 5.00. The van der Waals surface area contributed by atoms with Crippen molar-refractivity contribution in [3.8, 4) is 5.75 Å². The number of carbonyl (C=O) groups excluding carboxylic acids is 1. The molecular weight excluding hydrogens is 294 g/mol. The van der Waals surface area contributed by atoms with Crippen molar-refractivity contribution in [2.24, 2.45) is 5.92 Å². The van der Waals surface area contributed by atoms with Crippen molar-refractivity contribution in [1.82, 2.24) is 4.90 Å². The minimum atomic E-state index is 0.328. The quantitative estimate of drug-likeness (QED) is 0.828. The Morgan fingerprint density at radius 2 is 1.91 bits per heavy atom. The molecule has 3 nitrogen and oxygen atoms in total. The van der Waals surface area contributed by atoms with Crippen LogP contribution in [0, 0.1) is 5.92 Å². The average molecular weight is 319 g/mol. The number of methoxy groups -OCH3 is 1. The lowest BCUT2D eigenvalue weighted by atomic mass is 9.88. The number of carbonyl (C=O) groups is 1. The van der Waals surface area contributed by atoms with E-state index in [1.807, 2.05) is 23.9 Å². The highest BCUT2D eigenvalue weighted by atomic mass is 32.2. The maximum absolute atomic E-state index is 12.2. The van der Waals surface area contributed by atoms with Gasteiger partial charge in [-0.3, -0.25) is 4.79 Å². The van der Waals surface area contributed by atoms with Gasteiger partial charge in [0.25, 0.3) is 0 Å². The van der Waals surface area contributed by atoms with Gasteiger partial charge >= 0.3 is 0 Å². The number of thioether (sulfide) groups is 1. The SMILES string of the molecule is COc1ccc(CCN2C(=O)CSC2C2CCCCC2)cc1. The Morgan fingerprint density at radius 3 is 2.59 bits per heavy atom. The summed E-state index contributed by atoms with van der Waals surface area (Å²) in [6.07, 6.45) is 7.56. The maximum atomic E-state index is 12.2. The summed E-state index contributed by atoms with van der Waals surface area (Å²) < 4.78 is 5.19. The van der Waals surface area contributed by atoms with Crippen LogP contribution in [-0.2, 0) is 11.2 Å². The molecule has 2 fully saturated rings. The molecule has 1 aromatic carbocycles. The zero-order valence-electron chi connectivity index (χ0n) is 13.3. The summed E-state index contributed by atoms with van der Waals surface area (Å²) in [5, 5.41) is 0.422. The summed E-state index contributed by atoms with van der Waals surface area (Å²) in [6.45, 7) is 0.847. The van der Waals surface area contributed by atoms with E-state index in [-0.39, 0.29) is 0 Å². The van der Waals surface area contributed by atoms with Gasteiger partial charge in [-0.1, -0.05) is 31.4 Å². The predicted molar refractivity (Wildman–Crippen MR) is 91.2 cm³/mol. The molecule has 1 aliphatic carbocycles. The van der Waals surface area contributed by atoms with Crippen LogP contribution in [0.1, 0.15) is 37.7 Å². The van der Waals surface area contributed by atoms with Gasteiger partial charge in [0, 0.05) is 6.54 Å². The predicted octanol–water partition coefficient (Wildman–Crippen LogP) is 3.72. The van der Waals surface area contributed by atoms with Crippen molar-refractivity contribution in [2.75, 3.05) is 19.4 Å². The van der Waals surface area contributed by atoms with Gasteiger partial charge in [-0.15, -0.1) is 11.8 Å². The third kappa shape index (κ3) is 3.60. The second-order valence-electron chi connectivity index (χ2n) is 6.28. The van der Waals surface area contributed by atoms with E-state index in [4.69, 9.17) is 4.74 Å². The van der Waals surface area contributed by atoms with Gasteiger partial charge in [0.2, 0.25) is 5.91 Å². The van der Waals surface area contributed by atoms with Crippen LogP contribution >= 0.6 is 11.8 Å². The van der Waals surface area contributed by atoms with E-state index in [1.54, 1.807) is 7.11 Å². The number of ether oxygens (including phenoxy) is 1. The van der Waals surface area contributed by atoms with Crippen LogP contribution < -0.4 is 4.74 Å². The summed E-state index contributed by atoms with van der Waals surface area (Å²) >= 11 is 1.86. The second-order valence-corrected chi connectivity index (χ2v) is 7.39. The Morgan fingerprint density at radius 1 is 1.18 bits per heavy atom. The van der Waals surface area contributed by atoms with Crippen LogP contribution in [0.25, 0.3) is 0 Å². The Labute approximate surface area is 137 Å². The molecule has 22 heavy (non-hydrogen) atoms. The Bertz CT molecular complexity index is 496. The fourth-order valence-electron chi connectivity index (χ4n) is 3.58. The molecule has 0 spiro atoms. The number of amides is 1. The van der Waals surface area contributed by atoms with Crippen LogP contribution in [0.4, 0.5) is 0 Å².